The van der Waals surface area contributed by atoms with Crippen molar-refractivity contribution in [3.63, 3.8) is 0 Å². The third-order valence-corrected chi connectivity index (χ3v) is 2.25. The summed E-state index contributed by atoms with van der Waals surface area (Å²) in [6, 6.07) is 9.78. The Morgan fingerprint density at radius 1 is 1.25 bits per heavy atom. The normalized spacial score (nSPS) is 13.2. The van der Waals surface area contributed by atoms with Gasteiger partial charge in [-0.05, 0) is 17.9 Å². The smallest absolute Gasteiger partial charge is 0.306 e. The van der Waals surface area contributed by atoms with Crippen LogP contribution in [0.15, 0.2) is 30.3 Å². The van der Waals surface area contributed by atoms with Crippen LogP contribution in [-0.2, 0) is 9.53 Å². The van der Waals surface area contributed by atoms with Crippen molar-refractivity contribution in [1.82, 2.24) is 0 Å². The second-order valence-electron chi connectivity index (χ2n) is 5.28. The van der Waals surface area contributed by atoms with E-state index in [0.717, 1.165) is 5.56 Å². The molecule has 0 bridgehead atoms. The van der Waals surface area contributed by atoms with Crippen LogP contribution in [0.4, 0.5) is 0 Å². The zero-order valence-corrected chi connectivity index (χ0v) is 10.5. The van der Waals surface area contributed by atoms with Gasteiger partial charge in [0.25, 0.3) is 0 Å². The second-order valence-corrected chi connectivity index (χ2v) is 5.28. The summed E-state index contributed by atoms with van der Waals surface area (Å²) in [7, 11) is 0. The van der Waals surface area contributed by atoms with E-state index >= 15 is 0 Å². The van der Waals surface area contributed by atoms with E-state index in [4.69, 9.17) is 4.74 Å². The Bertz CT molecular complexity index is 336. The monoisotopic (exact) mass is 220 g/mol. The number of carbonyl (C=O) groups is 1. The van der Waals surface area contributed by atoms with Crippen LogP contribution in [-0.4, -0.2) is 5.97 Å². The number of ether oxygens (including phenoxy) is 1. The van der Waals surface area contributed by atoms with Gasteiger partial charge in [-0.2, -0.15) is 0 Å². The predicted octanol–water partition coefficient (Wildman–Crippen LogP) is 3.73. The molecule has 88 valence electrons. The first-order chi connectivity index (χ1) is 7.38. The lowest BCUT2D eigenvalue weighted by atomic mass is 9.92. The predicted molar refractivity (Wildman–Crippen MR) is 65.0 cm³/mol. The van der Waals surface area contributed by atoms with Crippen molar-refractivity contribution in [2.45, 2.75) is 40.2 Å². The van der Waals surface area contributed by atoms with Crippen molar-refractivity contribution >= 4 is 5.97 Å². The van der Waals surface area contributed by atoms with E-state index < -0.39 is 0 Å². The number of rotatable bonds is 3. The minimum atomic E-state index is -0.170. The van der Waals surface area contributed by atoms with Gasteiger partial charge in [0, 0.05) is 0 Å². The Hall–Kier alpha value is -1.31. The van der Waals surface area contributed by atoms with Crippen LogP contribution in [0.5, 0.6) is 0 Å². The molecule has 0 saturated heterocycles. The molecule has 1 rings (SSSR count). The molecule has 1 unspecified atom stereocenters. The third kappa shape index (κ3) is 4.47. The molecule has 0 saturated carbocycles. The number of hydrogen-bond donors (Lipinski definition) is 0. The van der Waals surface area contributed by atoms with Gasteiger partial charge in [0.05, 0.1) is 6.42 Å². The highest BCUT2D eigenvalue weighted by Gasteiger charge is 2.19. The van der Waals surface area contributed by atoms with E-state index in [1.807, 2.05) is 58.0 Å². The first kappa shape index (κ1) is 12.8. The molecule has 2 heteroatoms. The van der Waals surface area contributed by atoms with Crippen LogP contribution >= 0.6 is 0 Å². The summed E-state index contributed by atoms with van der Waals surface area (Å²) in [5, 5.41) is 0. The van der Waals surface area contributed by atoms with Gasteiger partial charge in [-0.15, -0.1) is 0 Å². The van der Waals surface area contributed by atoms with Gasteiger partial charge < -0.3 is 4.74 Å². The fourth-order valence-electron chi connectivity index (χ4n) is 1.46. The van der Waals surface area contributed by atoms with Gasteiger partial charge in [-0.25, -0.2) is 0 Å². The summed E-state index contributed by atoms with van der Waals surface area (Å²) in [5.41, 5.74) is 1.01. The largest absolute Gasteiger partial charge is 0.458 e. The standard InChI is InChI=1S/C14H20O2/c1-11(12-8-6-5-7-9-12)16-13(15)10-14(2,3)4/h5-9,11H,10H2,1-4H3. The number of carbonyl (C=O) groups excluding carboxylic acids is 1. The molecule has 0 aliphatic carbocycles. The van der Waals surface area contributed by atoms with Crippen LogP contribution in [0.3, 0.4) is 0 Å². The number of hydrogen-bond acceptors (Lipinski definition) is 2. The molecular formula is C14H20O2. The maximum atomic E-state index is 11.6. The summed E-state index contributed by atoms with van der Waals surface area (Å²) < 4.78 is 5.37. The summed E-state index contributed by atoms with van der Waals surface area (Å²) in [5.74, 6) is -0.135. The summed E-state index contributed by atoms with van der Waals surface area (Å²) in [6.45, 7) is 7.99. The zero-order chi connectivity index (χ0) is 12.2. The molecule has 0 amide bonds. The van der Waals surface area contributed by atoms with Crippen molar-refractivity contribution < 1.29 is 9.53 Å². The van der Waals surface area contributed by atoms with Crippen LogP contribution in [0.2, 0.25) is 0 Å². The maximum Gasteiger partial charge on any atom is 0.306 e. The van der Waals surface area contributed by atoms with Crippen LogP contribution < -0.4 is 0 Å². The highest BCUT2D eigenvalue weighted by atomic mass is 16.5. The minimum Gasteiger partial charge on any atom is -0.458 e. The summed E-state index contributed by atoms with van der Waals surface area (Å²) in [6.07, 6.45) is 0.278. The molecule has 0 spiro atoms. The molecule has 0 aromatic heterocycles. The highest BCUT2D eigenvalue weighted by Crippen LogP contribution is 2.22. The Morgan fingerprint density at radius 3 is 2.31 bits per heavy atom. The van der Waals surface area contributed by atoms with Gasteiger partial charge >= 0.3 is 5.97 Å². The summed E-state index contributed by atoms with van der Waals surface area (Å²) >= 11 is 0. The Labute approximate surface area is 97.6 Å². The van der Waals surface area contributed by atoms with Crippen molar-refractivity contribution in [2.75, 3.05) is 0 Å². The molecule has 0 aliphatic heterocycles. The maximum absolute atomic E-state index is 11.6. The average molecular weight is 220 g/mol. The van der Waals surface area contributed by atoms with Crippen molar-refractivity contribution in [3.05, 3.63) is 35.9 Å². The lowest BCUT2D eigenvalue weighted by Crippen LogP contribution is -2.16. The van der Waals surface area contributed by atoms with Crippen LogP contribution in [0.1, 0.15) is 45.8 Å². The van der Waals surface area contributed by atoms with Gasteiger partial charge in [-0.1, -0.05) is 51.1 Å². The fraction of sp³-hybridized carbons (Fsp3) is 0.500. The summed E-state index contributed by atoms with van der Waals surface area (Å²) in [4.78, 5) is 11.6. The molecule has 1 aromatic rings. The topological polar surface area (TPSA) is 26.3 Å². The second kappa shape index (κ2) is 5.15. The van der Waals surface area contributed by atoms with E-state index in [-0.39, 0.29) is 17.5 Å². The van der Waals surface area contributed by atoms with E-state index in [1.54, 1.807) is 0 Å². The van der Waals surface area contributed by atoms with Crippen molar-refractivity contribution in [3.8, 4) is 0 Å². The molecular weight excluding hydrogens is 200 g/mol. The molecule has 0 heterocycles. The Kier molecular flexibility index (Phi) is 4.11. The third-order valence-electron chi connectivity index (χ3n) is 2.25. The van der Waals surface area contributed by atoms with E-state index in [0.29, 0.717) is 6.42 Å². The Morgan fingerprint density at radius 2 is 1.81 bits per heavy atom. The zero-order valence-electron chi connectivity index (χ0n) is 10.5. The van der Waals surface area contributed by atoms with Crippen LogP contribution in [0, 0.1) is 5.41 Å². The fourth-order valence-corrected chi connectivity index (χ4v) is 1.46. The number of esters is 1. The van der Waals surface area contributed by atoms with Crippen molar-refractivity contribution in [1.29, 1.82) is 0 Å². The van der Waals surface area contributed by atoms with Gasteiger partial charge in [0.2, 0.25) is 0 Å². The molecule has 0 radical (unpaired) electrons. The van der Waals surface area contributed by atoms with E-state index in [1.165, 1.54) is 0 Å². The van der Waals surface area contributed by atoms with E-state index in [2.05, 4.69) is 0 Å². The first-order valence-corrected chi connectivity index (χ1v) is 5.63. The molecule has 1 aromatic carbocycles. The quantitative estimate of drug-likeness (QED) is 0.725. The average Bonchev–Trinajstić information content (AvgIpc) is 2.16. The lowest BCUT2D eigenvalue weighted by molar-refractivity contribution is -0.150. The molecule has 0 fully saturated rings. The molecule has 2 nitrogen and oxygen atoms in total. The molecule has 16 heavy (non-hydrogen) atoms. The van der Waals surface area contributed by atoms with Gasteiger partial charge in [-0.3, -0.25) is 4.79 Å². The molecule has 0 aliphatic rings. The molecule has 0 N–H and O–H groups in total. The lowest BCUT2D eigenvalue weighted by Gasteiger charge is -2.19. The van der Waals surface area contributed by atoms with Gasteiger partial charge in [0.15, 0.2) is 0 Å². The van der Waals surface area contributed by atoms with E-state index in [9.17, 15) is 4.79 Å². The molecule has 1 atom stereocenters. The van der Waals surface area contributed by atoms with Crippen LogP contribution in [0.25, 0.3) is 0 Å². The van der Waals surface area contributed by atoms with Crippen molar-refractivity contribution in [2.24, 2.45) is 5.41 Å². The number of benzene rings is 1. The first-order valence-electron chi connectivity index (χ1n) is 5.63. The Balaban J connectivity index is 2.52. The SMILES string of the molecule is CC(OC(=O)CC(C)(C)C)c1ccccc1. The minimum absolute atomic E-state index is 0.0203. The highest BCUT2D eigenvalue weighted by molar-refractivity contribution is 5.70. The van der Waals surface area contributed by atoms with Gasteiger partial charge in [0.1, 0.15) is 6.10 Å².